The summed E-state index contributed by atoms with van der Waals surface area (Å²) < 4.78 is 7.31. The van der Waals surface area contributed by atoms with Crippen molar-refractivity contribution in [2.75, 3.05) is 11.9 Å². The molecule has 1 saturated heterocycles. The molecule has 2 aliphatic rings. The van der Waals surface area contributed by atoms with Gasteiger partial charge in [0.15, 0.2) is 0 Å². The van der Waals surface area contributed by atoms with E-state index in [9.17, 15) is 0 Å². The number of aromatic nitrogens is 1. The van der Waals surface area contributed by atoms with E-state index >= 15 is 0 Å². The van der Waals surface area contributed by atoms with E-state index in [1.807, 2.05) is 6.07 Å². The first-order chi connectivity index (χ1) is 12.2. The Balaban J connectivity index is 1.65. The summed E-state index contributed by atoms with van der Waals surface area (Å²) >= 11 is 9.85. The molecule has 0 aliphatic carbocycles. The Hall–Kier alpha value is -1.49. The summed E-state index contributed by atoms with van der Waals surface area (Å²) in [5.74, 6) is 0.401. The van der Waals surface area contributed by atoms with Crippen molar-refractivity contribution in [2.45, 2.75) is 25.0 Å². The van der Waals surface area contributed by atoms with Gasteiger partial charge in [-0.1, -0.05) is 27.5 Å². The number of nitrogens with one attached hydrogen (secondary N) is 2. The lowest BCUT2D eigenvalue weighted by Crippen LogP contribution is -2.35. The van der Waals surface area contributed by atoms with Gasteiger partial charge in [-0.2, -0.15) is 0 Å². The van der Waals surface area contributed by atoms with Crippen LogP contribution in [0.25, 0.3) is 10.9 Å². The van der Waals surface area contributed by atoms with E-state index in [0.29, 0.717) is 5.92 Å². The average molecular weight is 418 g/mol. The molecule has 2 N–H and O–H groups in total. The summed E-state index contributed by atoms with van der Waals surface area (Å²) in [7, 11) is 0. The van der Waals surface area contributed by atoms with Crippen LogP contribution >= 0.6 is 27.5 Å². The zero-order chi connectivity index (χ0) is 17.0. The van der Waals surface area contributed by atoms with Crippen LogP contribution in [0, 0.1) is 5.92 Å². The Morgan fingerprint density at radius 1 is 1.12 bits per heavy atom. The van der Waals surface area contributed by atoms with E-state index in [-0.39, 0.29) is 12.1 Å². The molecule has 3 aromatic rings. The highest BCUT2D eigenvalue weighted by Gasteiger charge is 2.40. The summed E-state index contributed by atoms with van der Waals surface area (Å²) in [6, 6.07) is 12.7. The third-order valence-electron chi connectivity index (χ3n) is 5.44. The van der Waals surface area contributed by atoms with Crippen LogP contribution in [0.1, 0.15) is 36.1 Å². The largest absolute Gasteiger partial charge is 0.377 e. The van der Waals surface area contributed by atoms with Crippen molar-refractivity contribution in [1.82, 2.24) is 4.98 Å². The minimum Gasteiger partial charge on any atom is -0.377 e. The van der Waals surface area contributed by atoms with E-state index in [0.717, 1.165) is 40.1 Å². The first-order valence-electron chi connectivity index (χ1n) is 8.65. The van der Waals surface area contributed by atoms with Crippen LogP contribution in [0.4, 0.5) is 5.69 Å². The topological polar surface area (TPSA) is 37.0 Å². The number of benzene rings is 2. The summed E-state index contributed by atoms with van der Waals surface area (Å²) in [5, 5.41) is 5.79. The molecule has 3 nitrogen and oxygen atoms in total. The highest BCUT2D eigenvalue weighted by atomic mass is 79.9. The van der Waals surface area contributed by atoms with Gasteiger partial charge in [0.05, 0.1) is 12.1 Å². The molecule has 2 aromatic carbocycles. The predicted octanol–water partition coefficient (Wildman–Crippen LogP) is 6.22. The van der Waals surface area contributed by atoms with E-state index in [2.05, 4.69) is 62.8 Å². The summed E-state index contributed by atoms with van der Waals surface area (Å²) in [5.41, 5.74) is 4.78. The molecule has 0 amide bonds. The number of halogens is 2. The van der Waals surface area contributed by atoms with Gasteiger partial charge >= 0.3 is 0 Å². The van der Waals surface area contributed by atoms with Crippen LogP contribution < -0.4 is 5.32 Å². The molecule has 2 aliphatic heterocycles. The average Bonchev–Trinajstić information content (AvgIpc) is 3.04. The fraction of sp³-hybridized carbons (Fsp3) is 0.300. The normalized spacial score (nSPS) is 25.3. The molecule has 25 heavy (non-hydrogen) atoms. The van der Waals surface area contributed by atoms with Crippen molar-refractivity contribution in [2.24, 2.45) is 5.92 Å². The lowest BCUT2D eigenvalue weighted by Gasteiger charge is -2.43. The summed E-state index contributed by atoms with van der Waals surface area (Å²) in [6.07, 6.45) is 4.49. The van der Waals surface area contributed by atoms with Gasteiger partial charge in [-0.3, -0.25) is 0 Å². The smallest absolute Gasteiger partial charge is 0.0896 e. The van der Waals surface area contributed by atoms with Gasteiger partial charge in [-0.25, -0.2) is 0 Å². The highest BCUT2D eigenvalue weighted by molar-refractivity contribution is 9.10. The standard InChI is InChI=1S/C20H18BrClN2O/c21-11-3-5-17-14(8-11)16(10-23-17)19-13-2-1-7-25-20(13)15-9-12(22)4-6-18(15)24-19/h3-6,8-10,13,19-20,23-24H,1-2,7H2/t13-,19-,20-/m0/s1. The predicted molar refractivity (Wildman–Crippen MR) is 105 cm³/mol. The molecule has 0 bridgehead atoms. The fourth-order valence-electron chi connectivity index (χ4n) is 4.32. The second-order valence-electron chi connectivity index (χ2n) is 6.88. The summed E-state index contributed by atoms with van der Waals surface area (Å²) in [6.45, 7) is 0.819. The van der Waals surface area contributed by atoms with Crippen LogP contribution in [0.15, 0.2) is 47.1 Å². The van der Waals surface area contributed by atoms with E-state index in [1.54, 1.807) is 0 Å². The Morgan fingerprint density at radius 3 is 2.96 bits per heavy atom. The Labute approximate surface area is 159 Å². The maximum atomic E-state index is 6.25. The molecule has 128 valence electrons. The number of hydrogen-bond acceptors (Lipinski definition) is 2. The number of H-pyrrole nitrogens is 1. The van der Waals surface area contributed by atoms with Gasteiger partial charge in [0, 0.05) is 55.9 Å². The molecular formula is C20H18BrClN2O. The van der Waals surface area contributed by atoms with Crippen molar-refractivity contribution in [3.63, 3.8) is 0 Å². The maximum Gasteiger partial charge on any atom is 0.0896 e. The van der Waals surface area contributed by atoms with Crippen molar-refractivity contribution in [3.05, 3.63) is 63.2 Å². The van der Waals surface area contributed by atoms with E-state index < -0.39 is 0 Å². The first-order valence-corrected chi connectivity index (χ1v) is 9.82. The van der Waals surface area contributed by atoms with Crippen LogP contribution in [0.5, 0.6) is 0 Å². The minimum absolute atomic E-state index is 0.103. The molecule has 0 saturated carbocycles. The van der Waals surface area contributed by atoms with E-state index in [1.165, 1.54) is 16.5 Å². The van der Waals surface area contributed by atoms with E-state index in [4.69, 9.17) is 16.3 Å². The molecule has 1 fully saturated rings. The zero-order valence-corrected chi connectivity index (χ0v) is 15.9. The SMILES string of the molecule is Clc1ccc2c(c1)[C@H]1OCCC[C@H]1[C@@H](c1c[nH]c3ccc(Br)cc13)N2. The quantitative estimate of drug-likeness (QED) is 0.493. The van der Waals surface area contributed by atoms with Crippen molar-refractivity contribution < 1.29 is 4.74 Å². The number of fused-ring (bicyclic) bond motifs is 4. The van der Waals surface area contributed by atoms with Crippen LogP contribution in [-0.2, 0) is 4.74 Å². The number of rotatable bonds is 1. The molecule has 3 heterocycles. The Kier molecular flexibility index (Phi) is 3.81. The fourth-order valence-corrected chi connectivity index (χ4v) is 4.86. The second-order valence-corrected chi connectivity index (χ2v) is 8.24. The zero-order valence-electron chi connectivity index (χ0n) is 13.6. The molecule has 0 spiro atoms. The third kappa shape index (κ3) is 2.59. The van der Waals surface area contributed by atoms with Crippen LogP contribution in [-0.4, -0.2) is 11.6 Å². The lowest BCUT2D eigenvalue weighted by atomic mass is 9.77. The second kappa shape index (κ2) is 6.04. The number of anilines is 1. The Morgan fingerprint density at radius 2 is 2.04 bits per heavy atom. The molecule has 3 atom stereocenters. The molecule has 0 unspecified atom stereocenters. The minimum atomic E-state index is 0.103. The van der Waals surface area contributed by atoms with Gasteiger partial charge in [0.2, 0.25) is 0 Å². The first kappa shape index (κ1) is 15.7. The monoisotopic (exact) mass is 416 g/mol. The molecule has 5 rings (SSSR count). The van der Waals surface area contributed by atoms with Gasteiger partial charge < -0.3 is 15.0 Å². The summed E-state index contributed by atoms with van der Waals surface area (Å²) in [4.78, 5) is 3.42. The van der Waals surface area contributed by atoms with Crippen LogP contribution in [0.2, 0.25) is 5.02 Å². The molecule has 0 radical (unpaired) electrons. The van der Waals surface area contributed by atoms with Gasteiger partial charge in [-0.05, 0) is 49.2 Å². The van der Waals surface area contributed by atoms with Crippen molar-refractivity contribution in [3.8, 4) is 0 Å². The highest BCUT2D eigenvalue weighted by Crippen LogP contribution is 2.50. The van der Waals surface area contributed by atoms with Gasteiger partial charge in [0.1, 0.15) is 0 Å². The molecular weight excluding hydrogens is 400 g/mol. The maximum absolute atomic E-state index is 6.25. The Bertz CT molecular complexity index is 954. The van der Waals surface area contributed by atoms with Crippen molar-refractivity contribution >= 4 is 44.1 Å². The van der Waals surface area contributed by atoms with Crippen molar-refractivity contribution in [1.29, 1.82) is 0 Å². The van der Waals surface area contributed by atoms with Gasteiger partial charge in [0.25, 0.3) is 0 Å². The van der Waals surface area contributed by atoms with Crippen LogP contribution in [0.3, 0.4) is 0 Å². The number of aromatic amines is 1. The lowest BCUT2D eigenvalue weighted by molar-refractivity contribution is -0.0379. The molecule has 1 aromatic heterocycles. The van der Waals surface area contributed by atoms with Gasteiger partial charge in [-0.15, -0.1) is 0 Å². The number of hydrogen-bond donors (Lipinski definition) is 2. The third-order valence-corrected chi connectivity index (χ3v) is 6.17. The number of ether oxygens (including phenoxy) is 1. The molecule has 5 heteroatoms.